The highest BCUT2D eigenvalue weighted by Gasteiger charge is 2.35. The monoisotopic (exact) mass is 442 g/mol. The molecule has 166 valence electrons. The van der Waals surface area contributed by atoms with Crippen molar-refractivity contribution in [1.29, 1.82) is 5.41 Å². The number of carbonyl (C=O) groups excluding carboxylic acids is 1. The summed E-state index contributed by atoms with van der Waals surface area (Å²) in [5, 5.41) is 13.6. The number of hydrogen-bond acceptors (Lipinski definition) is 4. The van der Waals surface area contributed by atoms with Crippen LogP contribution in [0.2, 0.25) is 0 Å². The Balaban J connectivity index is 1.52. The summed E-state index contributed by atoms with van der Waals surface area (Å²) < 4.78 is 41.7. The van der Waals surface area contributed by atoms with Crippen molar-refractivity contribution in [2.45, 2.75) is 19.3 Å². The number of carbonyl (C=O) groups is 1. The maximum atomic E-state index is 14.4. The molecule has 0 unspecified atom stereocenters. The predicted molar refractivity (Wildman–Crippen MR) is 115 cm³/mol. The van der Waals surface area contributed by atoms with Crippen LogP contribution in [0.4, 0.5) is 13.2 Å². The summed E-state index contributed by atoms with van der Waals surface area (Å²) in [6.07, 6.45) is 1.72. The first kappa shape index (κ1) is 21.6. The topological polar surface area (TPSA) is 90.3 Å². The molecule has 3 aromatic rings. The van der Waals surface area contributed by atoms with Gasteiger partial charge < -0.3 is 15.1 Å². The van der Waals surface area contributed by atoms with Crippen molar-refractivity contribution in [3.8, 4) is 11.3 Å². The Morgan fingerprint density at radius 2 is 1.91 bits per heavy atom. The lowest BCUT2D eigenvalue weighted by Crippen LogP contribution is -2.41. The van der Waals surface area contributed by atoms with Gasteiger partial charge in [-0.1, -0.05) is 5.16 Å². The Hall–Kier alpha value is -3.62. The summed E-state index contributed by atoms with van der Waals surface area (Å²) in [4.78, 5) is 19.8. The third kappa shape index (κ3) is 4.37. The molecule has 1 fully saturated rings. The zero-order valence-corrected chi connectivity index (χ0v) is 17.1. The molecule has 4 rings (SSSR count). The van der Waals surface area contributed by atoms with Gasteiger partial charge in [-0.15, -0.1) is 0 Å². The van der Waals surface area contributed by atoms with Gasteiger partial charge in [0, 0.05) is 29.8 Å². The SMILES string of the molecule is C=NOC(=N)CNC(=O)C1CC(Cc2c(-c3ccc(F)cc3)[nH]c3c(F)cc(F)cc23)C1. The van der Waals surface area contributed by atoms with Gasteiger partial charge in [0.05, 0.1) is 12.1 Å². The van der Waals surface area contributed by atoms with Gasteiger partial charge in [-0.3, -0.25) is 10.2 Å². The van der Waals surface area contributed by atoms with E-state index in [-0.39, 0.29) is 41.5 Å². The summed E-state index contributed by atoms with van der Waals surface area (Å²) in [6.45, 7) is 3.03. The maximum absolute atomic E-state index is 14.4. The summed E-state index contributed by atoms with van der Waals surface area (Å²) in [6, 6.07) is 7.92. The van der Waals surface area contributed by atoms with E-state index in [1.54, 1.807) is 12.1 Å². The van der Waals surface area contributed by atoms with Crippen molar-refractivity contribution in [2.75, 3.05) is 6.54 Å². The number of nitrogens with one attached hydrogen (secondary N) is 3. The van der Waals surface area contributed by atoms with Crippen molar-refractivity contribution >= 4 is 29.4 Å². The van der Waals surface area contributed by atoms with E-state index in [1.165, 1.54) is 18.2 Å². The summed E-state index contributed by atoms with van der Waals surface area (Å²) >= 11 is 0. The van der Waals surface area contributed by atoms with Crippen LogP contribution in [0.3, 0.4) is 0 Å². The van der Waals surface area contributed by atoms with Gasteiger partial charge >= 0.3 is 0 Å². The molecule has 1 aliphatic rings. The number of H-pyrrole nitrogens is 1. The number of fused-ring (bicyclic) bond motifs is 1. The standard InChI is InChI=1S/C23H21F3N4O2/c1-28-32-20(27)11-29-23(31)14-6-12(7-14)8-17-18-9-16(25)10-19(26)22(18)30-21(17)13-2-4-15(24)5-3-13/h2-5,9-10,12,14,27,30H,1,6-8,11H2,(H,29,31). The van der Waals surface area contributed by atoms with Gasteiger partial charge in [0.2, 0.25) is 11.8 Å². The van der Waals surface area contributed by atoms with Gasteiger partial charge in [-0.2, -0.15) is 0 Å². The number of amides is 1. The molecule has 3 N–H and O–H groups in total. The van der Waals surface area contributed by atoms with Crippen molar-refractivity contribution in [2.24, 2.45) is 17.0 Å². The van der Waals surface area contributed by atoms with Gasteiger partial charge in [0.1, 0.15) is 17.5 Å². The lowest BCUT2D eigenvalue weighted by Gasteiger charge is -2.34. The quantitative estimate of drug-likeness (QED) is 0.285. The van der Waals surface area contributed by atoms with Gasteiger partial charge in [-0.05, 0) is 66.6 Å². The van der Waals surface area contributed by atoms with E-state index >= 15 is 0 Å². The number of nitrogens with zero attached hydrogens (tertiary/aromatic N) is 1. The number of benzene rings is 2. The molecule has 1 aromatic heterocycles. The second-order valence-corrected chi connectivity index (χ2v) is 7.90. The second kappa shape index (κ2) is 8.86. The average Bonchev–Trinajstić information content (AvgIpc) is 3.08. The number of halogens is 3. The van der Waals surface area contributed by atoms with Crippen molar-refractivity contribution in [3.63, 3.8) is 0 Å². The largest absolute Gasteiger partial charge is 0.352 e. The van der Waals surface area contributed by atoms with E-state index in [2.05, 4.69) is 27.0 Å². The molecule has 0 saturated heterocycles. The molecular weight excluding hydrogens is 421 g/mol. The Kier molecular flexibility index (Phi) is 5.98. The van der Waals surface area contributed by atoms with Crippen LogP contribution in [0.1, 0.15) is 18.4 Å². The van der Waals surface area contributed by atoms with Gasteiger partial charge in [0.15, 0.2) is 0 Å². The van der Waals surface area contributed by atoms with E-state index in [9.17, 15) is 18.0 Å². The molecule has 0 radical (unpaired) electrons. The number of oxime groups is 1. The summed E-state index contributed by atoms with van der Waals surface area (Å²) in [5.74, 6) is -2.23. The van der Waals surface area contributed by atoms with Crippen LogP contribution in [-0.4, -0.2) is 30.1 Å². The Morgan fingerprint density at radius 3 is 2.59 bits per heavy atom. The number of aromatic amines is 1. The number of aromatic nitrogens is 1. The van der Waals surface area contributed by atoms with E-state index in [1.807, 2.05) is 0 Å². The highest BCUT2D eigenvalue weighted by Crippen LogP contribution is 2.41. The molecule has 9 heteroatoms. The highest BCUT2D eigenvalue weighted by molar-refractivity contribution is 5.91. The van der Waals surface area contributed by atoms with Crippen molar-refractivity contribution < 1.29 is 22.8 Å². The fraction of sp³-hybridized carbons (Fsp3) is 0.261. The maximum Gasteiger partial charge on any atom is 0.236 e. The van der Waals surface area contributed by atoms with Gasteiger partial charge in [-0.25, -0.2) is 13.2 Å². The van der Waals surface area contributed by atoms with E-state index < -0.39 is 11.6 Å². The molecule has 1 aliphatic carbocycles. The molecule has 2 aromatic carbocycles. The molecule has 1 heterocycles. The first-order valence-electron chi connectivity index (χ1n) is 10.1. The van der Waals surface area contributed by atoms with E-state index in [0.29, 0.717) is 35.9 Å². The molecule has 0 atom stereocenters. The van der Waals surface area contributed by atoms with Crippen molar-refractivity contribution in [1.82, 2.24) is 10.3 Å². The Bertz CT molecular complexity index is 1180. The summed E-state index contributed by atoms with van der Waals surface area (Å²) in [7, 11) is 0. The summed E-state index contributed by atoms with van der Waals surface area (Å²) in [5.41, 5.74) is 2.21. The van der Waals surface area contributed by atoms with Gasteiger partial charge in [0.25, 0.3) is 0 Å². The lowest BCUT2D eigenvalue weighted by atomic mass is 9.71. The molecular formula is C23H21F3N4O2. The van der Waals surface area contributed by atoms with Crippen LogP contribution in [0.5, 0.6) is 0 Å². The molecule has 0 aliphatic heterocycles. The normalized spacial score (nSPS) is 17.6. The Labute approximate surface area is 182 Å². The molecule has 0 bridgehead atoms. The third-order valence-corrected chi connectivity index (χ3v) is 5.76. The molecule has 32 heavy (non-hydrogen) atoms. The fourth-order valence-electron chi connectivity index (χ4n) is 4.18. The highest BCUT2D eigenvalue weighted by atomic mass is 19.1. The number of hydrogen-bond donors (Lipinski definition) is 3. The van der Waals surface area contributed by atoms with E-state index in [4.69, 9.17) is 5.41 Å². The molecule has 1 saturated carbocycles. The van der Waals surface area contributed by atoms with Crippen LogP contribution in [0.15, 0.2) is 41.6 Å². The zero-order chi connectivity index (χ0) is 22.8. The second-order valence-electron chi connectivity index (χ2n) is 7.90. The molecule has 6 nitrogen and oxygen atoms in total. The minimum absolute atomic E-state index is 0.0747. The van der Waals surface area contributed by atoms with Crippen LogP contribution in [0, 0.1) is 34.7 Å². The minimum atomic E-state index is -0.695. The molecule has 1 amide bonds. The minimum Gasteiger partial charge on any atom is -0.352 e. The fourth-order valence-corrected chi connectivity index (χ4v) is 4.18. The zero-order valence-electron chi connectivity index (χ0n) is 17.1. The lowest BCUT2D eigenvalue weighted by molar-refractivity contribution is -0.128. The van der Waals surface area contributed by atoms with Crippen LogP contribution < -0.4 is 5.32 Å². The smallest absolute Gasteiger partial charge is 0.236 e. The predicted octanol–water partition coefficient (Wildman–Crippen LogP) is 4.55. The van der Waals surface area contributed by atoms with Crippen molar-refractivity contribution in [3.05, 3.63) is 59.4 Å². The Morgan fingerprint density at radius 1 is 1.19 bits per heavy atom. The third-order valence-electron chi connectivity index (χ3n) is 5.76. The molecule has 0 spiro atoms. The van der Waals surface area contributed by atoms with Crippen LogP contribution in [-0.2, 0) is 16.1 Å². The first-order chi connectivity index (χ1) is 15.4. The van der Waals surface area contributed by atoms with Crippen LogP contribution in [0.25, 0.3) is 22.2 Å². The first-order valence-corrected chi connectivity index (χ1v) is 10.1. The number of rotatable bonds is 7. The average molecular weight is 442 g/mol. The van der Waals surface area contributed by atoms with E-state index in [0.717, 1.165) is 11.6 Å². The van der Waals surface area contributed by atoms with Crippen LogP contribution >= 0.6 is 0 Å².